The minimum Gasteiger partial charge on any atom is -0.399 e. The van der Waals surface area contributed by atoms with Gasteiger partial charge in [-0.15, -0.1) is 0 Å². The molecule has 2 rings (SSSR count). The van der Waals surface area contributed by atoms with Crippen molar-refractivity contribution in [2.75, 3.05) is 25.4 Å². The number of carbonyl (C=O) groups excluding carboxylic acids is 1. The molecule has 0 unspecified atom stereocenters. The molecule has 0 spiro atoms. The first kappa shape index (κ1) is 12.1. The van der Waals surface area contributed by atoms with E-state index in [2.05, 4.69) is 11.8 Å². The van der Waals surface area contributed by atoms with Gasteiger partial charge in [0.1, 0.15) is 0 Å². The number of Topliss-reactive ketones (excluding diaryl/α,β-unsaturated/α-hetero) is 1. The number of nitrogen functional groups attached to an aromatic ring is 1. The van der Waals surface area contributed by atoms with Crippen molar-refractivity contribution in [2.45, 2.75) is 19.8 Å². The predicted octanol–water partition coefficient (Wildman–Crippen LogP) is 2.18. The summed E-state index contributed by atoms with van der Waals surface area (Å²) in [7, 11) is 0. The van der Waals surface area contributed by atoms with Gasteiger partial charge in [-0.2, -0.15) is 0 Å². The quantitative estimate of drug-likeness (QED) is 0.642. The lowest BCUT2D eigenvalue weighted by Crippen LogP contribution is -2.36. The van der Waals surface area contributed by atoms with Gasteiger partial charge in [-0.3, -0.25) is 9.69 Å². The Morgan fingerprint density at radius 1 is 1.41 bits per heavy atom. The molecule has 3 heteroatoms. The largest absolute Gasteiger partial charge is 0.399 e. The minimum absolute atomic E-state index is 0.173. The van der Waals surface area contributed by atoms with Gasteiger partial charge in [0, 0.05) is 11.3 Å². The molecule has 2 N–H and O–H groups in total. The van der Waals surface area contributed by atoms with Crippen molar-refractivity contribution in [1.82, 2.24) is 4.90 Å². The van der Waals surface area contributed by atoms with E-state index in [9.17, 15) is 4.79 Å². The van der Waals surface area contributed by atoms with Crippen LogP contribution < -0.4 is 5.73 Å². The van der Waals surface area contributed by atoms with Gasteiger partial charge in [-0.1, -0.05) is 19.1 Å². The Morgan fingerprint density at radius 3 is 2.76 bits per heavy atom. The molecule has 0 atom stereocenters. The zero-order valence-electron chi connectivity index (χ0n) is 10.4. The Bertz CT molecular complexity index is 395. The van der Waals surface area contributed by atoms with Crippen molar-refractivity contribution < 1.29 is 4.79 Å². The fourth-order valence-electron chi connectivity index (χ4n) is 2.23. The van der Waals surface area contributed by atoms with Gasteiger partial charge in [0.05, 0.1) is 6.54 Å². The predicted molar refractivity (Wildman–Crippen MR) is 70.0 cm³/mol. The standard InChI is InChI=1S/C14H20N2O/c1-11-5-7-16(8-6-11)10-14(17)12-3-2-4-13(15)9-12/h2-4,9,11H,5-8,10,15H2,1H3. The number of hydrogen-bond donors (Lipinski definition) is 1. The third-order valence-corrected chi connectivity index (χ3v) is 3.45. The molecule has 0 radical (unpaired) electrons. The molecule has 0 saturated carbocycles. The van der Waals surface area contributed by atoms with Crippen molar-refractivity contribution in [3.05, 3.63) is 29.8 Å². The normalized spacial score (nSPS) is 18.2. The molecule has 0 amide bonds. The van der Waals surface area contributed by atoms with Crippen LogP contribution in [0, 0.1) is 5.92 Å². The maximum atomic E-state index is 12.0. The van der Waals surface area contributed by atoms with E-state index >= 15 is 0 Å². The molecule has 3 nitrogen and oxygen atoms in total. The molecule has 0 aromatic heterocycles. The summed E-state index contributed by atoms with van der Waals surface area (Å²) >= 11 is 0. The molecule has 1 saturated heterocycles. The maximum absolute atomic E-state index is 12.0. The van der Waals surface area contributed by atoms with Gasteiger partial charge < -0.3 is 5.73 Å². The Hall–Kier alpha value is -1.35. The number of anilines is 1. The lowest BCUT2D eigenvalue weighted by atomic mass is 9.98. The van der Waals surface area contributed by atoms with Crippen LogP contribution in [0.2, 0.25) is 0 Å². The van der Waals surface area contributed by atoms with E-state index in [1.165, 1.54) is 12.8 Å². The van der Waals surface area contributed by atoms with Crippen LogP contribution in [0.5, 0.6) is 0 Å². The first-order chi connectivity index (χ1) is 8.15. The van der Waals surface area contributed by atoms with Gasteiger partial charge in [0.25, 0.3) is 0 Å². The van der Waals surface area contributed by atoms with E-state index in [1.54, 1.807) is 12.1 Å². The summed E-state index contributed by atoms with van der Waals surface area (Å²) in [6, 6.07) is 7.24. The molecule has 0 aliphatic carbocycles. The lowest BCUT2D eigenvalue weighted by Gasteiger charge is -2.29. The molecule has 1 aliphatic heterocycles. The van der Waals surface area contributed by atoms with Gasteiger partial charge >= 0.3 is 0 Å². The number of likely N-dealkylation sites (tertiary alicyclic amines) is 1. The Kier molecular flexibility index (Phi) is 3.79. The average Bonchev–Trinajstić information content (AvgIpc) is 2.32. The second-order valence-corrected chi connectivity index (χ2v) is 5.01. The molecule has 92 valence electrons. The van der Waals surface area contributed by atoms with E-state index in [0.29, 0.717) is 12.2 Å². The summed E-state index contributed by atoms with van der Waals surface area (Å²) < 4.78 is 0. The van der Waals surface area contributed by atoms with Crippen LogP contribution in [0.4, 0.5) is 5.69 Å². The van der Waals surface area contributed by atoms with E-state index in [1.807, 2.05) is 12.1 Å². The van der Waals surface area contributed by atoms with Gasteiger partial charge in [-0.05, 0) is 44.0 Å². The van der Waals surface area contributed by atoms with E-state index < -0.39 is 0 Å². The van der Waals surface area contributed by atoms with Crippen molar-refractivity contribution in [2.24, 2.45) is 5.92 Å². The van der Waals surface area contributed by atoms with Gasteiger partial charge in [0.15, 0.2) is 5.78 Å². The second-order valence-electron chi connectivity index (χ2n) is 5.01. The summed E-state index contributed by atoms with van der Waals surface area (Å²) in [6.45, 7) is 4.87. The van der Waals surface area contributed by atoms with Crippen LogP contribution in [0.25, 0.3) is 0 Å². The Balaban J connectivity index is 1.93. The number of piperidine rings is 1. The molecule has 1 heterocycles. The summed E-state index contributed by atoms with van der Waals surface area (Å²) in [4.78, 5) is 14.3. The van der Waals surface area contributed by atoms with Crippen LogP contribution in [-0.4, -0.2) is 30.3 Å². The van der Waals surface area contributed by atoms with Crippen molar-refractivity contribution in [3.8, 4) is 0 Å². The zero-order valence-corrected chi connectivity index (χ0v) is 10.4. The number of nitrogens with zero attached hydrogens (tertiary/aromatic N) is 1. The highest BCUT2D eigenvalue weighted by atomic mass is 16.1. The molecule has 0 bridgehead atoms. The topological polar surface area (TPSA) is 46.3 Å². The number of rotatable bonds is 3. The van der Waals surface area contributed by atoms with E-state index in [0.717, 1.165) is 24.6 Å². The van der Waals surface area contributed by atoms with Crippen LogP contribution in [0.3, 0.4) is 0 Å². The molecule has 1 aliphatic rings. The number of carbonyl (C=O) groups is 1. The Labute approximate surface area is 103 Å². The highest BCUT2D eigenvalue weighted by Crippen LogP contribution is 2.16. The summed E-state index contributed by atoms with van der Waals surface area (Å²) in [5, 5.41) is 0. The van der Waals surface area contributed by atoms with Crippen LogP contribution in [-0.2, 0) is 0 Å². The smallest absolute Gasteiger partial charge is 0.176 e. The maximum Gasteiger partial charge on any atom is 0.176 e. The van der Waals surface area contributed by atoms with E-state index in [4.69, 9.17) is 5.73 Å². The molecule has 1 fully saturated rings. The molecular weight excluding hydrogens is 212 g/mol. The molecular formula is C14H20N2O. The first-order valence-electron chi connectivity index (χ1n) is 6.26. The summed E-state index contributed by atoms with van der Waals surface area (Å²) in [6.07, 6.45) is 2.40. The average molecular weight is 232 g/mol. The third kappa shape index (κ3) is 3.30. The van der Waals surface area contributed by atoms with E-state index in [-0.39, 0.29) is 5.78 Å². The number of nitrogens with two attached hydrogens (primary N) is 1. The lowest BCUT2D eigenvalue weighted by molar-refractivity contribution is 0.0900. The first-order valence-corrected chi connectivity index (χ1v) is 6.26. The molecule has 17 heavy (non-hydrogen) atoms. The summed E-state index contributed by atoms with van der Waals surface area (Å²) in [5.41, 5.74) is 7.06. The van der Waals surface area contributed by atoms with Crippen molar-refractivity contribution in [3.63, 3.8) is 0 Å². The van der Waals surface area contributed by atoms with Crippen molar-refractivity contribution >= 4 is 11.5 Å². The monoisotopic (exact) mass is 232 g/mol. The highest BCUT2D eigenvalue weighted by molar-refractivity contribution is 5.98. The van der Waals surface area contributed by atoms with Crippen LogP contribution in [0.15, 0.2) is 24.3 Å². The highest BCUT2D eigenvalue weighted by Gasteiger charge is 2.18. The Morgan fingerprint density at radius 2 is 2.12 bits per heavy atom. The van der Waals surface area contributed by atoms with Gasteiger partial charge in [0.2, 0.25) is 0 Å². The number of hydrogen-bond acceptors (Lipinski definition) is 3. The van der Waals surface area contributed by atoms with Crippen LogP contribution in [0.1, 0.15) is 30.1 Å². The molecule has 1 aromatic carbocycles. The SMILES string of the molecule is CC1CCN(CC(=O)c2cccc(N)c2)CC1. The van der Waals surface area contributed by atoms with Crippen LogP contribution >= 0.6 is 0 Å². The number of ketones is 1. The molecule has 1 aromatic rings. The third-order valence-electron chi connectivity index (χ3n) is 3.45. The zero-order chi connectivity index (χ0) is 12.3. The fourth-order valence-corrected chi connectivity index (χ4v) is 2.23. The summed E-state index contributed by atoms with van der Waals surface area (Å²) in [5.74, 6) is 0.973. The second kappa shape index (κ2) is 5.32. The number of benzene rings is 1. The fraction of sp³-hybridized carbons (Fsp3) is 0.500. The van der Waals surface area contributed by atoms with Crippen molar-refractivity contribution in [1.29, 1.82) is 0 Å². The minimum atomic E-state index is 0.173. The van der Waals surface area contributed by atoms with Gasteiger partial charge in [-0.25, -0.2) is 0 Å².